The predicted octanol–water partition coefficient (Wildman–Crippen LogP) is 6.26. The van der Waals surface area contributed by atoms with Crippen molar-refractivity contribution in [3.05, 3.63) is 84.1 Å². The summed E-state index contributed by atoms with van der Waals surface area (Å²) in [7, 11) is 0. The first-order valence-corrected chi connectivity index (χ1v) is 14.6. The van der Waals surface area contributed by atoms with E-state index in [4.69, 9.17) is 21.4 Å². The number of aryl methyl sites for hydroxylation is 1. The molecule has 39 heavy (non-hydrogen) atoms. The summed E-state index contributed by atoms with van der Waals surface area (Å²) in [6.45, 7) is 4.85. The van der Waals surface area contributed by atoms with Gasteiger partial charge in [0.25, 0.3) is 0 Å². The van der Waals surface area contributed by atoms with Crippen molar-refractivity contribution in [1.82, 2.24) is 29.3 Å². The van der Waals surface area contributed by atoms with Gasteiger partial charge in [0.15, 0.2) is 5.65 Å². The molecule has 0 spiro atoms. The van der Waals surface area contributed by atoms with Crippen LogP contribution in [0.15, 0.2) is 84.0 Å². The lowest BCUT2D eigenvalue weighted by molar-refractivity contribution is 0.238. The molecule has 2 aromatic carbocycles. The molecule has 1 saturated heterocycles. The topological polar surface area (TPSA) is 72.5 Å². The van der Waals surface area contributed by atoms with Crippen molar-refractivity contribution in [2.24, 2.45) is 0 Å². The molecule has 0 unspecified atom stereocenters. The summed E-state index contributed by atoms with van der Waals surface area (Å²) in [5.41, 5.74) is 3.59. The Bertz CT molecular complexity index is 1530. The summed E-state index contributed by atoms with van der Waals surface area (Å²) in [4.78, 5) is 8.28. The highest BCUT2D eigenvalue weighted by Crippen LogP contribution is 2.24. The Morgan fingerprint density at radius 1 is 0.974 bits per heavy atom. The third kappa shape index (κ3) is 6.55. The molecular weight excluding hydrogens is 530 g/mol. The molecule has 8 nitrogen and oxygen atoms in total. The molecular formula is C29H30ClN7OS. The zero-order chi connectivity index (χ0) is 26.4. The maximum absolute atomic E-state index is 6.09. The minimum atomic E-state index is 0.537. The highest BCUT2D eigenvalue weighted by Gasteiger charge is 2.12. The molecule has 0 atom stereocenters. The van der Waals surface area contributed by atoms with Crippen molar-refractivity contribution in [1.29, 1.82) is 0 Å². The SMILES string of the molecule is Clc1cccc(SCCn2cc(-c3cccc4nc(Nc5ccc(OCCN6CCCC6)cc5)nn34)cn2)c1. The summed E-state index contributed by atoms with van der Waals surface area (Å²) in [6, 6.07) is 21.8. The number of hydrogen-bond donors (Lipinski definition) is 1. The maximum Gasteiger partial charge on any atom is 0.247 e. The average Bonchev–Trinajstić information content (AvgIpc) is 3.71. The number of benzene rings is 2. The first kappa shape index (κ1) is 25.7. The number of ether oxygens (including phenoxy) is 1. The normalized spacial score (nSPS) is 13.8. The van der Waals surface area contributed by atoms with Crippen LogP contribution < -0.4 is 10.1 Å². The van der Waals surface area contributed by atoms with Gasteiger partial charge in [-0.1, -0.05) is 23.7 Å². The van der Waals surface area contributed by atoms with E-state index < -0.39 is 0 Å². The number of pyridine rings is 1. The fourth-order valence-corrected chi connectivity index (χ4v) is 5.83. The number of halogens is 1. The molecule has 1 aliphatic rings. The molecule has 1 fully saturated rings. The zero-order valence-corrected chi connectivity index (χ0v) is 23.1. The van der Waals surface area contributed by atoms with Crippen LogP contribution in [0.4, 0.5) is 11.6 Å². The molecule has 4 heterocycles. The first-order chi connectivity index (χ1) is 19.2. The van der Waals surface area contributed by atoms with Crippen molar-refractivity contribution in [2.75, 3.05) is 37.3 Å². The van der Waals surface area contributed by atoms with Gasteiger partial charge in [0.2, 0.25) is 5.95 Å². The quantitative estimate of drug-likeness (QED) is 0.192. The van der Waals surface area contributed by atoms with Gasteiger partial charge in [-0.2, -0.15) is 10.1 Å². The largest absolute Gasteiger partial charge is 0.492 e. The molecule has 200 valence electrons. The molecule has 1 N–H and O–H groups in total. The van der Waals surface area contributed by atoms with E-state index in [2.05, 4.69) is 26.4 Å². The standard InChI is InChI=1S/C29H30ClN7OS/c30-23-5-3-6-26(19-23)39-18-16-36-21-22(20-31-36)27-7-4-8-28-33-29(34-37(27)28)32-24-9-11-25(12-10-24)38-17-15-35-13-1-2-14-35/h3-12,19-21H,1-2,13-18H2,(H,32,34). The Morgan fingerprint density at radius 2 is 1.82 bits per heavy atom. The third-order valence-corrected chi connectivity index (χ3v) is 7.87. The lowest BCUT2D eigenvalue weighted by Crippen LogP contribution is -2.25. The Kier molecular flexibility index (Phi) is 7.99. The van der Waals surface area contributed by atoms with Gasteiger partial charge in [-0.3, -0.25) is 9.58 Å². The molecule has 0 aliphatic carbocycles. The van der Waals surface area contributed by atoms with E-state index in [1.54, 1.807) is 11.8 Å². The van der Waals surface area contributed by atoms with Crippen LogP contribution in [0, 0.1) is 0 Å². The van der Waals surface area contributed by atoms with Crippen molar-refractivity contribution >= 4 is 40.6 Å². The number of rotatable bonds is 11. The van der Waals surface area contributed by atoms with Gasteiger partial charge in [-0.15, -0.1) is 16.9 Å². The summed E-state index contributed by atoms with van der Waals surface area (Å²) in [5, 5.41) is 13.4. The lowest BCUT2D eigenvalue weighted by Gasteiger charge is -2.15. The molecule has 0 amide bonds. The highest BCUT2D eigenvalue weighted by molar-refractivity contribution is 7.99. The van der Waals surface area contributed by atoms with Gasteiger partial charge in [0.1, 0.15) is 12.4 Å². The van der Waals surface area contributed by atoms with E-state index in [1.807, 2.05) is 82.3 Å². The number of thioether (sulfide) groups is 1. The maximum atomic E-state index is 6.09. The van der Waals surface area contributed by atoms with Crippen LogP contribution in [0.25, 0.3) is 16.9 Å². The van der Waals surface area contributed by atoms with Crippen LogP contribution in [-0.2, 0) is 6.54 Å². The molecule has 0 bridgehead atoms. The van der Waals surface area contributed by atoms with Crippen LogP contribution in [0.3, 0.4) is 0 Å². The minimum Gasteiger partial charge on any atom is -0.492 e. The third-order valence-electron chi connectivity index (χ3n) is 6.66. The second-order valence-corrected chi connectivity index (χ2v) is 11.1. The Balaban J connectivity index is 1.07. The molecule has 0 radical (unpaired) electrons. The second-order valence-electron chi connectivity index (χ2n) is 9.46. The lowest BCUT2D eigenvalue weighted by atomic mass is 10.2. The van der Waals surface area contributed by atoms with Crippen LogP contribution in [-0.4, -0.2) is 61.3 Å². The molecule has 5 aromatic rings. The Morgan fingerprint density at radius 3 is 2.67 bits per heavy atom. The number of anilines is 2. The van der Waals surface area contributed by atoms with E-state index in [0.29, 0.717) is 12.6 Å². The fourth-order valence-electron chi connectivity index (χ4n) is 4.67. The summed E-state index contributed by atoms with van der Waals surface area (Å²) in [6.07, 6.45) is 6.52. The van der Waals surface area contributed by atoms with Crippen molar-refractivity contribution in [3.63, 3.8) is 0 Å². The number of nitrogens with zero attached hydrogens (tertiary/aromatic N) is 6. The van der Waals surface area contributed by atoms with Crippen LogP contribution >= 0.6 is 23.4 Å². The molecule has 6 rings (SSSR count). The van der Waals surface area contributed by atoms with E-state index >= 15 is 0 Å². The van der Waals surface area contributed by atoms with E-state index in [1.165, 1.54) is 25.9 Å². The predicted molar refractivity (Wildman–Crippen MR) is 157 cm³/mol. The monoisotopic (exact) mass is 559 g/mol. The van der Waals surface area contributed by atoms with Gasteiger partial charge < -0.3 is 10.1 Å². The minimum absolute atomic E-state index is 0.537. The number of likely N-dealkylation sites (tertiary alicyclic amines) is 1. The second kappa shape index (κ2) is 12.1. The first-order valence-electron chi connectivity index (χ1n) is 13.2. The summed E-state index contributed by atoms with van der Waals surface area (Å²) >= 11 is 7.85. The van der Waals surface area contributed by atoms with Crippen LogP contribution in [0.5, 0.6) is 5.75 Å². The summed E-state index contributed by atoms with van der Waals surface area (Å²) in [5.74, 6) is 2.30. The van der Waals surface area contributed by atoms with Gasteiger partial charge in [0, 0.05) is 39.7 Å². The Labute approximate surface area is 236 Å². The molecule has 0 saturated carbocycles. The fraction of sp³-hybridized carbons (Fsp3) is 0.276. The number of fused-ring (bicyclic) bond motifs is 1. The molecule has 1 aliphatic heterocycles. The van der Waals surface area contributed by atoms with Gasteiger partial charge in [-0.05, 0) is 80.5 Å². The van der Waals surface area contributed by atoms with Crippen LogP contribution in [0.2, 0.25) is 5.02 Å². The smallest absolute Gasteiger partial charge is 0.247 e. The van der Waals surface area contributed by atoms with Gasteiger partial charge >= 0.3 is 0 Å². The zero-order valence-electron chi connectivity index (χ0n) is 21.5. The van der Waals surface area contributed by atoms with Crippen molar-refractivity contribution in [2.45, 2.75) is 24.3 Å². The molecule has 3 aromatic heterocycles. The number of aromatic nitrogens is 5. The van der Waals surface area contributed by atoms with Crippen molar-refractivity contribution in [3.8, 4) is 17.0 Å². The van der Waals surface area contributed by atoms with Crippen LogP contribution in [0.1, 0.15) is 12.8 Å². The van der Waals surface area contributed by atoms with Crippen molar-refractivity contribution < 1.29 is 4.74 Å². The van der Waals surface area contributed by atoms with E-state index in [9.17, 15) is 0 Å². The highest BCUT2D eigenvalue weighted by atomic mass is 35.5. The molecule has 10 heteroatoms. The average molecular weight is 560 g/mol. The van der Waals surface area contributed by atoms with E-state index in [-0.39, 0.29) is 0 Å². The summed E-state index contributed by atoms with van der Waals surface area (Å²) < 4.78 is 9.72. The Hall–Kier alpha value is -3.53. The van der Waals surface area contributed by atoms with Gasteiger partial charge in [0.05, 0.1) is 18.4 Å². The number of hydrogen-bond acceptors (Lipinski definition) is 7. The van der Waals surface area contributed by atoms with Gasteiger partial charge in [-0.25, -0.2) is 4.52 Å². The number of nitrogens with one attached hydrogen (secondary N) is 1. The van der Waals surface area contributed by atoms with E-state index in [0.717, 1.165) is 57.1 Å².